The van der Waals surface area contributed by atoms with Crippen molar-refractivity contribution in [2.24, 2.45) is 5.92 Å². The molecule has 0 bridgehead atoms. The van der Waals surface area contributed by atoms with Gasteiger partial charge in [-0.1, -0.05) is 89.9 Å². The molecule has 0 saturated heterocycles. The molecule has 0 aliphatic heterocycles. The summed E-state index contributed by atoms with van der Waals surface area (Å²) in [7, 11) is 0. The smallest absolute Gasteiger partial charge is 0.0194 e. The number of aryl methyl sites for hydroxylation is 8. The molecule has 1 aliphatic rings. The number of hydrogen-bond donors (Lipinski definition) is 0. The van der Waals surface area contributed by atoms with Gasteiger partial charge in [-0.05, 0) is 140 Å². The van der Waals surface area contributed by atoms with Crippen molar-refractivity contribution in [3.05, 3.63) is 127 Å². The van der Waals surface area contributed by atoms with Crippen LogP contribution >= 0.6 is 0 Å². The molecular formula is C37H52. The van der Waals surface area contributed by atoms with E-state index in [-0.39, 0.29) is 0 Å². The van der Waals surface area contributed by atoms with Gasteiger partial charge in [0.1, 0.15) is 0 Å². The van der Waals surface area contributed by atoms with E-state index in [1.165, 1.54) is 67.6 Å². The second kappa shape index (κ2) is 15.4. The molecule has 0 heteroatoms. The molecule has 37 heavy (non-hydrogen) atoms. The summed E-state index contributed by atoms with van der Waals surface area (Å²) in [6.45, 7) is 28.3. The lowest BCUT2D eigenvalue weighted by molar-refractivity contribution is 0.671. The lowest BCUT2D eigenvalue weighted by atomic mass is 9.86. The minimum Gasteiger partial charge on any atom is -0.0808 e. The van der Waals surface area contributed by atoms with Crippen molar-refractivity contribution in [2.75, 3.05) is 0 Å². The van der Waals surface area contributed by atoms with Gasteiger partial charge >= 0.3 is 0 Å². The van der Waals surface area contributed by atoms with Crippen molar-refractivity contribution in [2.45, 2.75) is 96.4 Å². The molecule has 1 unspecified atom stereocenters. The van der Waals surface area contributed by atoms with Crippen LogP contribution in [0.3, 0.4) is 0 Å². The van der Waals surface area contributed by atoms with E-state index >= 15 is 0 Å². The predicted molar refractivity (Wildman–Crippen MR) is 168 cm³/mol. The number of rotatable bonds is 0. The third kappa shape index (κ3) is 11.0. The summed E-state index contributed by atoms with van der Waals surface area (Å²) in [6, 6.07) is 19.2. The first-order valence-corrected chi connectivity index (χ1v) is 13.7. The summed E-state index contributed by atoms with van der Waals surface area (Å²) in [5.74, 6) is 0.767. The largest absolute Gasteiger partial charge is 0.0808 e. The van der Waals surface area contributed by atoms with Gasteiger partial charge in [-0.15, -0.1) is 0 Å². The lowest BCUT2D eigenvalue weighted by Crippen LogP contribution is -2.03. The van der Waals surface area contributed by atoms with Gasteiger partial charge in [0.15, 0.2) is 0 Å². The molecule has 0 amide bonds. The van der Waals surface area contributed by atoms with Crippen LogP contribution in [0.4, 0.5) is 0 Å². The van der Waals surface area contributed by atoms with Crippen LogP contribution in [0, 0.1) is 68.2 Å². The van der Waals surface area contributed by atoms with Crippen molar-refractivity contribution in [1.82, 2.24) is 0 Å². The highest BCUT2D eigenvalue weighted by molar-refractivity contribution is 5.37. The monoisotopic (exact) mass is 496 g/mol. The summed E-state index contributed by atoms with van der Waals surface area (Å²) in [5, 5.41) is 0. The van der Waals surface area contributed by atoms with Crippen molar-refractivity contribution >= 4 is 0 Å². The van der Waals surface area contributed by atoms with Crippen molar-refractivity contribution < 1.29 is 0 Å². The highest BCUT2D eigenvalue weighted by Gasteiger charge is 2.11. The van der Waals surface area contributed by atoms with Crippen LogP contribution < -0.4 is 0 Å². The van der Waals surface area contributed by atoms with E-state index in [1.54, 1.807) is 5.57 Å². The van der Waals surface area contributed by atoms with Crippen molar-refractivity contribution in [1.29, 1.82) is 0 Å². The van der Waals surface area contributed by atoms with Crippen LogP contribution in [-0.2, 0) is 0 Å². The van der Waals surface area contributed by atoms with E-state index in [0.29, 0.717) is 0 Å². The second-order valence-electron chi connectivity index (χ2n) is 11.0. The van der Waals surface area contributed by atoms with Crippen LogP contribution in [0.2, 0.25) is 0 Å². The Balaban J connectivity index is 0.000000249. The van der Waals surface area contributed by atoms with Crippen LogP contribution in [0.25, 0.3) is 0 Å². The first kappa shape index (κ1) is 32.2. The van der Waals surface area contributed by atoms with Crippen LogP contribution in [-0.4, -0.2) is 0 Å². The van der Waals surface area contributed by atoms with Gasteiger partial charge in [0.25, 0.3) is 0 Å². The molecule has 0 spiro atoms. The molecule has 1 atom stereocenters. The molecule has 0 saturated carbocycles. The molecule has 200 valence electrons. The molecule has 3 aromatic rings. The fourth-order valence-electron chi connectivity index (χ4n) is 4.26. The van der Waals surface area contributed by atoms with Gasteiger partial charge in [0.2, 0.25) is 0 Å². The Morgan fingerprint density at radius 3 is 1.30 bits per heavy atom. The molecule has 0 N–H and O–H groups in total. The SMILES string of the molecule is CC1=CCC(C)C(C)=C1C.Cc1cc(C)c(C)c(C)c1.Cc1cc(C)c(C)cc1C.Cc1ccccc1. The fourth-order valence-corrected chi connectivity index (χ4v) is 4.26. The van der Waals surface area contributed by atoms with E-state index in [1.807, 2.05) is 18.2 Å². The zero-order valence-corrected chi connectivity index (χ0v) is 26.1. The molecule has 0 nitrogen and oxygen atoms in total. The Kier molecular flexibility index (Phi) is 13.4. The highest BCUT2D eigenvalue weighted by Crippen LogP contribution is 2.28. The summed E-state index contributed by atoms with van der Waals surface area (Å²) in [4.78, 5) is 0. The average Bonchev–Trinajstić information content (AvgIpc) is 2.84. The maximum absolute atomic E-state index is 2.34. The normalized spacial score (nSPS) is 14.3. The van der Waals surface area contributed by atoms with Crippen molar-refractivity contribution in [3.63, 3.8) is 0 Å². The van der Waals surface area contributed by atoms with E-state index < -0.39 is 0 Å². The molecular weight excluding hydrogens is 444 g/mol. The van der Waals surface area contributed by atoms with Gasteiger partial charge in [-0.25, -0.2) is 0 Å². The molecule has 0 fully saturated rings. The third-order valence-corrected chi connectivity index (χ3v) is 7.82. The van der Waals surface area contributed by atoms with Gasteiger partial charge in [0, 0.05) is 0 Å². The first-order valence-electron chi connectivity index (χ1n) is 13.7. The molecule has 1 aliphatic carbocycles. The first-order chi connectivity index (χ1) is 17.2. The van der Waals surface area contributed by atoms with Gasteiger partial charge < -0.3 is 0 Å². The Bertz CT molecular complexity index is 1130. The quantitative estimate of drug-likeness (QED) is 0.290. The molecule has 3 aromatic carbocycles. The van der Waals surface area contributed by atoms with E-state index in [0.717, 1.165) is 5.92 Å². The highest BCUT2D eigenvalue weighted by atomic mass is 14.2. The minimum absolute atomic E-state index is 0.767. The Morgan fingerprint density at radius 1 is 0.514 bits per heavy atom. The zero-order chi connectivity index (χ0) is 28.3. The summed E-state index contributed by atoms with van der Waals surface area (Å²) in [5.41, 5.74) is 17.0. The van der Waals surface area contributed by atoms with Crippen LogP contribution in [0.1, 0.15) is 84.2 Å². The van der Waals surface area contributed by atoms with E-state index in [2.05, 4.69) is 132 Å². The molecule has 0 aromatic heterocycles. The Morgan fingerprint density at radius 2 is 0.946 bits per heavy atom. The average molecular weight is 497 g/mol. The zero-order valence-electron chi connectivity index (χ0n) is 26.1. The number of hydrogen-bond acceptors (Lipinski definition) is 0. The standard InChI is InChI=1S/2C10H14.C10H16.C7H8/c1-7-5-9(3)10(4)6-8(7)2;1-7-5-8(2)10(4)9(3)6-7;1-7-5-6-8(2)10(4)9(7)3;1-7-5-3-2-4-6-7/h2*5-6H,1-4H3;5,8H,6H2,1-4H3;2-6H,1H3. The van der Waals surface area contributed by atoms with Gasteiger partial charge in [-0.2, -0.15) is 0 Å². The maximum Gasteiger partial charge on any atom is -0.0194 e. The Labute approximate surface area is 229 Å². The molecule has 0 radical (unpaired) electrons. The lowest BCUT2D eigenvalue weighted by Gasteiger charge is -2.19. The van der Waals surface area contributed by atoms with Gasteiger partial charge in [-0.3, -0.25) is 0 Å². The van der Waals surface area contributed by atoms with E-state index in [9.17, 15) is 0 Å². The molecule has 0 heterocycles. The predicted octanol–water partition coefficient (Wildman–Crippen LogP) is 11.1. The summed E-state index contributed by atoms with van der Waals surface area (Å²) in [6.07, 6.45) is 3.57. The topological polar surface area (TPSA) is 0 Å². The molecule has 4 rings (SSSR count). The number of benzene rings is 3. The minimum atomic E-state index is 0.767. The Hall–Kier alpha value is -2.86. The van der Waals surface area contributed by atoms with Crippen molar-refractivity contribution in [3.8, 4) is 0 Å². The van der Waals surface area contributed by atoms with E-state index in [4.69, 9.17) is 0 Å². The third-order valence-electron chi connectivity index (χ3n) is 7.82. The second-order valence-corrected chi connectivity index (χ2v) is 11.0. The van der Waals surface area contributed by atoms with Gasteiger partial charge in [0.05, 0.1) is 0 Å². The van der Waals surface area contributed by atoms with Crippen LogP contribution in [0.5, 0.6) is 0 Å². The fraction of sp³-hybridized carbons (Fsp3) is 0.405. The number of allylic oxidation sites excluding steroid dienone is 4. The summed E-state index contributed by atoms with van der Waals surface area (Å²) < 4.78 is 0. The summed E-state index contributed by atoms with van der Waals surface area (Å²) >= 11 is 0. The van der Waals surface area contributed by atoms with Crippen LogP contribution in [0.15, 0.2) is 77.4 Å². The maximum atomic E-state index is 2.34.